The molecule has 11 heavy (non-hydrogen) atoms. The van der Waals surface area contributed by atoms with Gasteiger partial charge in [0.1, 0.15) is 0 Å². The molecule has 1 aliphatic rings. The minimum atomic E-state index is 0.767. The molecule has 0 aliphatic heterocycles. The number of hydrogen-bond acceptors (Lipinski definition) is 1. The highest BCUT2D eigenvalue weighted by atomic mass is 16.5. The minimum absolute atomic E-state index is 0.767. The number of rotatable bonds is 3. The molecule has 1 radical (unpaired) electrons. The molecule has 0 saturated heterocycles. The Bertz CT molecular complexity index is 95.0. The summed E-state index contributed by atoms with van der Waals surface area (Å²) < 4.78 is 5.50. The highest BCUT2D eigenvalue weighted by molar-refractivity contribution is 4.84. The van der Waals surface area contributed by atoms with Gasteiger partial charge in [-0.3, -0.25) is 0 Å². The van der Waals surface area contributed by atoms with E-state index in [9.17, 15) is 0 Å². The minimum Gasteiger partial charge on any atom is -0.372 e. The lowest BCUT2D eigenvalue weighted by Gasteiger charge is -2.26. The van der Waals surface area contributed by atoms with Crippen LogP contribution in [0.1, 0.15) is 46.0 Å². The summed E-state index contributed by atoms with van der Waals surface area (Å²) in [6.07, 6.45) is 8.20. The smallest absolute Gasteiger partial charge is 0.0970 e. The van der Waals surface area contributed by atoms with Gasteiger partial charge in [-0.25, -0.2) is 0 Å². The van der Waals surface area contributed by atoms with Crippen LogP contribution >= 0.6 is 0 Å². The van der Waals surface area contributed by atoms with E-state index in [2.05, 4.69) is 13.8 Å². The number of hydrogen-bond donors (Lipinski definition) is 0. The van der Waals surface area contributed by atoms with Crippen LogP contribution in [-0.4, -0.2) is 6.61 Å². The van der Waals surface area contributed by atoms with Crippen molar-refractivity contribution in [2.75, 3.05) is 6.61 Å². The van der Waals surface area contributed by atoms with Crippen molar-refractivity contribution in [2.45, 2.75) is 46.0 Å². The first kappa shape index (κ1) is 9.05. The highest BCUT2D eigenvalue weighted by Crippen LogP contribution is 2.31. The van der Waals surface area contributed by atoms with E-state index in [1.165, 1.54) is 38.2 Å². The summed E-state index contributed by atoms with van der Waals surface area (Å²) in [7, 11) is 0. The lowest BCUT2D eigenvalue weighted by Crippen LogP contribution is -2.15. The van der Waals surface area contributed by atoms with E-state index in [1.807, 2.05) is 0 Å². The third-order valence-electron chi connectivity index (χ3n) is 2.55. The zero-order valence-electron chi connectivity index (χ0n) is 7.73. The molecule has 0 aromatic rings. The van der Waals surface area contributed by atoms with Crippen LogP contribution in [0.25, 0.3) is 0 Å². The van der Waals surface area contributed by atoms with E-state index < -0.39 is 0 Å². The van der Waals surface area contributed by atoms with Crippen LogP contribution in [0.15, 0.2) is 0 Å². The molecule has 0 bridgehead atoms. The Balaban J connectivity index is 2.21. The molecule has 0 aromatic heterocycles. The van der Waals surface area contributed by atoms with Gasteiger partial charge in [0.15, 0.2) is 0 Å². The predicted octanol–water partition coefficient (Wildman–Crippen LogP) is 3.16. The summed E-state index contributed by atoms with van der Waals surface area (Å²) in [5.74, 6) is 0.767. The Labute approximate surface area is 70.1 Å². The van der Waals surface area contributed by atoms with Gasteiger partial charge >= 0.3 is 0 Å². The first-order valence-electron chi connectivity index (χ1n) is 4.81. The van der Waals surface area contributed by atoms with E-state index >= 15 is 0 Å². The van der Waals surface area contributed by atoms with Crippen molar-refractivity contribution >= 4 is 0 Å². The summed E-state index contributed by atoms with van der Waals surface area (Å²) >= 11 is 0. The summed E-state index contributed by atoms with van der Waals surface area (Å²) in [6.45, 7) is 5.04. The Morgan fingerprint density at radius 2 is 1.91 bits per heavy atom. The zero-order valence-corrected chi connectivity index (χ0v) is 7.73. The third-order valence-corrected chi connectivity index (χ3v) is 2.55. The Kier molecular flexibility index (Phi) is 3.92. The van der Waals surface area contributed by atoms with E-state index in [0.29, 0.717) is 0 Å². The Morgan fingerprint density at radius 3 is 2.45 bits per heavy atom. The molecule has 1 fully saturated rings. The molecule has 0 atom stereocenters. The quantitative estimate of drug-likeness (QED) is 0.608. The van der Waals surface area contributed by atoms with Gasteiger partial charge in [-0.2, -0.15) is 0 Å². The maximum Gasteiger partial charge on any atom is 0.0970 e. The van der Waals surface area contributed by atoms with Gasteiger partial charge in [-0.1, -0.05) is 19.3 Å². The molecule has 1 nitrogen and oxygen atoms in total. The normalized spacial score (nSPS) is 21.0. The van der Waals surface area contributed by atoms with Crippen LogP contribution < -0.4 is 0 Å². The van der Waals surface area contributed by atoms with E-state index in [-0.39, 0.29) is 0 Å². The fourth-order valence-electron chi connectivity index (χ4n) is 1.85. The second kappa shape index (κ2) is 4.76. The molecular weight excluding hydrogens is 136 g/mol. The van der Waals surface area contributed by atoms with Crippen molar-refractivity contribution in [3.05, 3.63) is 6.10 Å². The lowest BCUT2D eigenvalue weighted by molar-refractivity contribution is 0.106. The molecule has 0 N–H and O–H groups in total. The first-order valence-corrected chi connectivity index (χ1v) is 4.81. The van der Waals surface area contributed by atoms with Crippen molar-refractivity contribution in [3.8, 4) is 0 Å². The summed E-state index contributed by atoms with van der Waals surface area (Å²) in [4.78, 5) is 0. The molecule has 0 spiro atoms. The van der Waals surface area contributed by atoms with Gasteiger partial charge in [0.2, 0.25) is 0 Å². The Hall–Kier alpha value is -0.0400. The molecule has 0 amide bonds. The van der Waals surface area contributed by atoms with Crippen LogP contribution in [0.3, 0.4) is 0 Å². The molecule has 1 heteroatoms. The maximum atomic E-state index is 5.50. The van der Waals surface area contributed by atoms with Gasteiger partial charge in [-0.15, -0.1) is 0 Å². The molecular formula is C10H19O. The average Bonchev–Trinajstić information content (AvgIpc) is 2.07. The van der Waals surface area contributed by atoms with Crippen LogP contribution in [0, 0.1) is 12.0 Å². The van der Waals surface area contributed by atoms with Crippen molar-refractivity contribution in [2.24, 2.45) is 5.92 Å². The topological polar surface area (TPSA) is 9.23 Å². The van der Waals surface area contributed by atoms with Crippen molar-refractivity contribution in [1.82, 2.24) is 0 Å². The molecule has 1 rings (SSSR count). The van der Waals surface area contributed by atoms with E-state index in [0.717, 1.165) is 12.5 Å². The van der Waals surface area contributed by atoms with E-state index in [1.54, 1.807) is 0 Å². The van der Waals surface area contributed by atoms with Gasteiger partial charge in [0, 0.05) is 6.61 Å². The fourth-order valence-corrected chi connectivity index (χ4v) is 1.85. The molecule has 1 saturated carbocycles. The SMILES string of the molecule is CCO[C](C)C1CCCCC1. The van der Waals surface area contributed by atoms with Crippen molar-refractivity contribution in [1.29, 1.82) is 0 Å². The average molecular weight is 155 g/mol. The summed E-state index contributed by atoms with van der Waals surface area (Å²) in [6, 6.07) is 0. The summed E-state index contributed by atoms with van der Waals surface area (Å²) in [5.41, 5.74) is 0. The largest absolute Gasteiger partial charge is 0.372 e. The van der Waals surface area contributed by atoms with E-state index in [4.69, 9.17) is 4.74 Å². The monoisotopic (exact) mass is 155 g/mol. The van der Waals surface area contributed by atoms with Crippen LogP contribution in [-0.2, 0) is 4.74 Å². The third kappa shape index (κ3) is 2.82. The highest BCUT2D eigenvalue weighted by Gasteiger charge is 2.20. The first-order chi connectivity index (χ1) is 5.34. The van der Waals surface area contributed by atoms with Crippen LogP contribution in [0.5, 0.6) is 0 Å². The van der Waals surface area contributed by atoms with Crippen molar-refractivity contribution in [3.63, 3.8) is 0 Å². The lowest BCUT2D eigenvalue weighted by atomic mass is 9.86. The standard InChI is InChI=1S/C10H19O/c1-3-11-9(2)10-7-5-4-6-8-10/h10H,3-8H2,1-2H3. The second-order valence-corrected chi connectivity index (χ2v) is 3.38. The zero-order chi connectivity index (χ0) is 8.10. The second-order valence-electron chi connectivity index (χ2n) is 3.38. The van der Waals surface area contributed by atoms with Gasteiger partial charge in [0.05, 0.1) is 6.10 Å². The fraction of sp³-hybridized carbons (Fsp3) is 0.900. The van der Waals surface area contributed by atoms with Crippen LogP contribution in [0.4, 0.5) is 0 Å². The van der Waals surface area contributed by atoms with Crippen molar-refractivity contribution < 1.29 is 4.74 Å². The molecule has 0 heterocycles. The van der Waals surface area contributed by atoms with Gasteiger partial charge in [-0.05, 0) is 32.6 Å². The summed E-state index contributed by atoms with van der Waals surface area (Å²) in [5, 5.41) is 0. The van der Waals surface area contributed by atoms with Gasteiger partial charge in [0.25, 0.3) is 0 Å². The molecule has 65 valence electrons. The maximum absolute atomic E-state index is 5.50. The van der Waals surface area contributed by atoms with Gasteiger partial charge < -0.3 is 4.74 Å². The van der Waals surface area contributed by atoms with Crippen LogP contribution in [0.2, 0.25) is 0 Å². The predicted molar refractivity (Wildman–Crippen MR) is 47.1 cm³/mol. The molecule has 1 aliphatic carbocycles. The number of ether oxygens (including phenoxy) is 1. The Morgan fingerprint density at radius 1 is 1.27 bits per heavy atom. The molecule has 0 aromatic carbocycles. The molecule has 0 unspecified atom stereocenters.